The van der Waals surface area contributed by atoms with E-state index in [0.29, 0.717) is 0 Å². The minimum Gasteiger partial charge on any atom is -0.107 e. The number of rotatable bonds is 0. The molecule has 0 aromatic heterocycles. The quantitative estimate of drug-likeness (QED) is 0.411. The molecule has 0 N–H and O–H groups in total. The van der Waals surface area contributed by atoms with Crippen LogP contribution in [0.3, 0.4) is 0 Å². The van der Waals surface area contributed by atoms with Crippen molar-refractivity contribution in [2.45, 2.75) is 13.8 Å². The second kappa shape index (κ2) is 8.95. The Balaban J connectivity index is 0. The normalized spacial score (nSPS) is 2.80. The van der Waals surface area contributed by atoms with Crippen molar-refractivity contribution in [1.29, 1.82) is 0 Å². The molecule has 0 saturated carbocycles. The molecule has 0 heterocycles. The zero-order valence-electron chi connectivity index (χ0n) is 3.33. The summed E-state index contributed by atoms with van der Waals surface area (Å²) in [5, 5.41) is 0. The molecule has 0 aliphatic rings. The Morgan fingerprint density at radius 3 is 1.20 bits per heavy atom. The molecule has 1 radical (unpaired) electrons. The Hall–Kier alpha value is 0.0665. The summed E-state index contributed by atoms with van der Waals surface area (Å²) in [6, 6.07) is 0. The van der Waals surface area contributed by atoms with E-state index in [9.17, 15) is 0 Å². The average molecular weight is 113 g/mol. The summed E-state index contributed by atoms with van der Waals surface area (Å²) in [5.41, 5.74) is 0. The van der Waals surface area contributed by atoms with E-state index < -0.39 is 0 Å². The third-order valence-corrected chi connectivity index (χ3v) is 0.250. The van der Waals surface area contributed by atoms with Gasteiger partial charge in [-0.15, -0.1) is 11.8 Å². The Morgan fingerprint density at radius 2 is 1.20 bits per heavy atom. The molecule has 0 unspecified atom stereocenters. The van der Waals surface area contributed by atoms with Crippen LogP contribution in [-0.4, -0.2) is 0 Å². The van der Waals surface area contributed by atoms with Gasteiger partial charge < -0.3 is 0 Å². The molecular weight excluding hydrogens is 107 g/mol. The predicted octanol–water partition coefficient (Wildman–Crippen LogP) is 1.03. The van der Waals surface area contributed by atoms with Crippen molar-refractivity contribution in [2.24, 2.45) is 0 Å². The van der Waals surface area contributed by atoms with Gasteiger partial charge in [0.25, 0.3) is 0 Å². The van der Waals surface area contributed by atoms with Gasteiger partial charge in [-0.1, -0.05) is 0 Å². The maximum atomic E-state index is 2.68. The first-order valence-electron chi connectivity index (χ1n) is 1.25. The summed E-state index contributed by atoms with van der Waals surface area (Å²) in [5.74, 6) is 5.36. The van der Waals surface area contributed by atoms with E-state index in [2.05, 4.69) is 11.8 Å². The van der Waals surface area contributed by atoms with Crippen LogP contribution < -0.4 is 0 Å². The van der Waals surface area contributed by atoms with Gasteiger partial charge in [-0.25, -0.2) is 0 Å². The molecule has 0 aliphatic heterocycles. The second-order valence-corrected chi connectivity index (χ2v) is 0.500. The molecule has 31 valence electrons. The molecule has 0 rings (SSSR count). The van der Waals surface area contributed by atoms with Crippen LogP contribution in [0, 0.1) is 11.8 Å². The molecule has 0 aromatic carbocycles. The van der Waals surface area contributed by atoms with Crippen LogP contribution in [0.1, 0.15) is 13.8 Å². The fraction of sp³-hybridized carbons (Fsp3) is 0.500. The van der Waals surface area contributed by atoms with Crippen molar-refractivity contribution < 1.29 is 16.8 Å². The van der Waals surface area contributed by atoms with Gasteiger partial charge in [0.15, 0.2) is 0 Å². The summed E-state index contributed by atoms with van der Waals surface area (Å²) >= 11 is 0. The van der Waals surface area contributed by atoms with Crippen LogP contribution >= 0.6 is 0 Å². The van der Waals surface area contributed by atoms with Gasteiger partial charge >= 0.3 is 0 Å². The van der Waals surface area contributed by atoms with Crippen LogP contribution in [0.25, 0.3) is 0 Å². The Labute approximate surface area is 43.2 Å². The minimum atomic E-state index is 0. The van der Waals surface area contributed by atoms with Crippen molar-refractivity contribution in [2.75, 3.05) is 0 Å². The molecular formula is C4H6Co. The monoisotopic (exact) mass is 113 g/mol. The molecule has 0 aliphatic carbocycles. The molecule has 1 heteroatoms. The van der Waals surface area contributed by atoms with Crippen molar-refractivity contribution in [1.82, 2.24) is 0 Å². The van der Waals surface area contributed by atoms with Crippen LogP contribution in [0.2, 0.25) is 0 Å². The second-order valence-electron chi connectivity index (χ2n) is 0.500. The SMILES string of the molecule is CC#CC.[Co]. The first-order valence-corrected chi connectivity index (χ1v) is 1.25. The molecule has 0 saturated heterocycles. The number of hydrogen-bond donors (Lipinski definition) is 0. The smallest absolute Gasteiger partial charge is 0 e. The van der Waals surface area contributed by atoms with E-state index in [1.807, 2.05) is 13.8 Å². The van der Waals surface area contributed by atoms with E-state index in [1.54, 1.807) is 0 Å². The summed E-state index contributed by atoms with van der Waals surface area (Å²) in [7, 11) is 0. The van der Waals surface area contributed by atoms with E-state index in [0.717, 1.165) is 0 Å². The first kappa shape index (κ1) is 8.91. The molecule has 0 aromatic rings. The van der Waals surface area contributed by atoms with Crippen LogP contribution in [-0.2, 0) is 16.8 Å². The molecule has 5 heavy (non-hydrogen) atoms. The summed E-state index contributed by atoms with van der Waals surface area (Å²) < 4.78 is 0. The van der Waals surface area contributed by atoms with Crippen molar-refractivity contribution in [3.63, 3.8) is 0 Å². The fourth-order valence-electron chi connectivity index (χ4n) is 0. The maximum Gasteiger partial charge on any atom is 0 e. The molecule has 0 atom stereocenters. The van der Waals surface area contributed by atoms with Crippen LogP contribution in [0.4, 0.5) is 0 Å². The Morgan fingerprint density at radius 1 is 1.00 bits per heavy atom. The van der Waals surface area contributed by atoms with Gasteiger partial charge in [0.1, 0.15) is 0 Å². The molecule has 0 spiro atoms. The van der Waals surface area contributed by atoms with Gasteiger partial charge in [-0.2, -0.15) is 0 Å². The number of hydrogen-bond acceptors (Lipinski definition) is 0. The average Bonchev–Trinajstić information content (AvgIpc) is 1.37. The van der Waals surface area contributed by atoms with Gasteiger partial charge in [0, 0.05) is 16.8 Å². The van der Waals surface area contributed by atoms with Crippen LogP contribution in [0.15, 0.2) is 0 Å². The van der Waals surface area contributed by atoms with E-state index in [-0.39, 0.29) is 16.8 Å². The van der Waals surface area contributed by atoms with Crippen LogP contribution in [0.5, 0.6) is 0 Å². The Bertz CT molecular complexity index is 40.4. The van der Waals surface area contributed by atoms with E-state index in [1.165, 1.54) is 0 Å². The zero-order chi connectivity index (χ0) is 3.41. The fourth-order valence-corrected chi connectivity index (χ4v) is 0. The Kier molecular flexibility index (Phi) is 16.0. The first-order chi connectivity index (χ1) is 1.91. The standard InChI is InChI=1S/C4H6.Co/c1-3-4-2;/h1-2H3;. The van der Waals surface area contributed by atoms with E-state index >= 15 is 0 Å². The molecule has 0 bridgehead atoms. The minimum absolute atomic E-state index is 0. The summed E-state index contributed by atoms with van der Waals surface area (Å²) in [4.78, 5) is 0. The van der Waals surface area contributed by atoms with Gasteiger partial charge in [0.05, 0.1) is 0 Å². The predicted molar refractivity (Wildman–Crippen MR) is 19.1 cm³/mol. The molecule has 0 nitrogen and oxygen atoms in total. The largest absolute Gasteiger partial charge is 0.107 e. The topological polar surface area (TPSA) is 0 Å². The van der Waals surface area contributed by atoms with Crippen molar-refractivity contribution >= 4 is 0 Å². The zero-order valence-corrected chi connectivity index (χ0v) is 4.37. The van der Waals surface area contributed by atoms with Gasteiger partial charge in [-0.3, -0.25) is 0 Å². The van der Waals surface area contributed by atoms with Gasteiger partial charge in [-0.05, 0) is 13.8 Å². The third kappa shape index (κ3) is 15.3. The van der Waals surface area contributed by atoms with Crippen molar-refractivity contribution in [3.8, 4) is 11.8 Å². The molecule has 0 amide bonds. The third-order valence-electron chi connectivity index (χ3n) is 0.250. The maximum absolute atomic E-state index is 2.68. The molecule has 0 fully saturated rings. The van der Waals surface area contributed by atoms with E-state index in [4.69, 9.17) is 0 Å². The van der Waals surface area contributed by atoms with Crippen molar-refractivity contribution in [3.05, 3.63) is 0 Å². The van der Waals surface area contributed by atoms with Gasteiger partial charge in [0.2, 0.25) is 0 Å². The summed E-state index contributed by atoms with van der Waals surface area (Å²) in [6.45, 7) is 3.64. The summed E-state index contributed by atoms with van der Waals surface area (Å²) in [6.07, 6.45) is 0.